The number of benzene rings is 1. The van der Waals surface area contributed by atoms with E-state index in [-0.39, 0.29) is 5.91 Å². The SMILES string of the molecule is Cc1cc(C(=O)N2CCN(Cc3ccc(C(N)=O)cc3)CC2)c(C)n1C1CCCCC1. The summed E-state index contributed by atoms with van der Waals surface area (Å²) in [6, 6.07) is 10.1. The molecule has 2 N–H and O–H groups in total. The minimum absolute atomic E-state index is 0.167. The maximum absolute atomic E-state index is 13.3. The smallest absolute Gasteiger partial charge is 0.255 e. The van der Waals surface area contributed by atoms with Gasteiger partial charge in [-0.3, -0.25) is 14.5 Å². The topological polar surface area (TPSA) is 71.6 Å². The molecule has 0 atom stereocenters. The van der Waals surface area contributed by atoms with Crippen LogP contribution in [0.3, 0.4) is 0 Å². The van der Waals surface area contributed by atoms with Gasteiger partial charge in [0.2, 0.25) is 5.91 Å². The molecule has 1 aromatic carbocycles. The quantitative estimate of drug-likeness (QED) is 0.799. The highest BCUT2D eigenvalue weighted by Gasteiger charge is 2.27. The minimum atomic E-state index is -0.401. The van der Waals surface area contributed by atoms with Crippen molar-refractivity contribution in [1.29, 1.82) is 0 Å². The molecule has 0 radical (unpaired) electrons. The highest BCUT2D eigenvalue weighted by Crippen LogP contribution is 2.32. The molecule has 4 rings (SSSR count). The van der Waals surface area contributed by atoms with Crippen LogP contribution in [-0.4, -0.2) is 52.4 Å². The lowest BCUT2D eigenvalue weighted by atomic mass is 9.95. The number of primary amides is 1. The Labute approximate surface area is 185 Å². The predicted molar refractivity (Wildman–Crippen MR) is 122 cm³/mol. The minimum Gasteiger partial charge on any atom is -0.366 e. The Morgan fingerprint density at radius 3 is 2.23 bits per heavy atom. The standard InChI is InChI=1S/C25H34N4O2/c1-18-16-23(19(2)29(18)22-6-4-3-5-7-22)25(31)28-14-12-27(13-15-28)17-20-8-10-21(11-9-20)24(26)30/h8-11,16,22H,3-7,12-15,17H2,1-2H3,(H2,26,30). The number of aromatic nitrogens is 1. The third kappa shape index (κ3) is 4.69. The number of amides is 2. The third-order valence-corrected chi connectivity index (χ3v) is 6.96. The lowest BCUT2D eigenvalue weighted by Gasteiger charge is -2.35. The first kappa shape index (κ1) is 21.6. The summed E-state index contributed by atoms with van der Waals surface area (Å²) >= 11 is 0. The summed E-state index contributed by atoms with van der Waals surface area (Å²) in [6.07, 6.45) is 6.36. The molecule has 1 saturated carbocycles. The number of carbonyl (C=O) groups is 2. The number of nitrogens with two attached hydrogens (primary N) is 1. The van der Waals surface area contributed by atoms with E-state index < -0.39 is 5.91 Å². The zero-order valence-electron chi connectivity index (χ0n) is 18.8. The largest absolute Gasteiger partial charge is 0.366 e. The zero-order valence-corrected chi connectivity index (χ0v) is 18.8. The van der Waals surface area contributed by atoms with E-state index in [1.807, 2.05) is 17.0 Å². The Balaban J connectivity index is 1.36. The molecule has 2 amide bonds. The fourth-order valence-corrected chi connectivity index (χ4v) is 5.21. The van der Waals surface area contributed by atoms with Gasteiger partial charge in [0, 0.05) is 55.7 Å². The summed E-state index contributed by atoms with van der Waals surface area (Å²) in [4.78, 5) is 28.9. The molecule has 2 fully saturated rings. The normalized spacial score (nSPS) is 18.3. The van der Waals surface area contributed by atoms with E-state index in [0.717, 1.165) is 49.5 Å². The van der Waals surface area contributed by atoms with Gasteiger partial charge < -0.3 is 15.2 Å². The van der Waals surface area contributed by atoms with Crippen LogP contribution in [0, 0.1) is 13.8 Å². The summed E-state index contributed by atoms with van der Waals surface area (Å²) in [7, 11) is 0. The molecule has 2 aromatic rings. The average Bonchev–Trinajstić information content (AvgIpc) is 3.08. The Bertz CT molecular complexity index is 933. The third-order valence-electron chi connectivity index (χ3n) is 6.96. The second-order valence-corrected chi connectivity index (χ2v) is 9.08. The van der Waals surface area contributed by atoms with E-state index in [1.165, 1.54) is 37.8 Å². The van der Waals surface area contributed by atoms with E-state index in [4.69, 9.17) is 5.73 Å². The van der Waals surface area contributed by atoms with Crippen molar-refractivity contribution in [2.24, 2.45) is 5.73 Å². The van der Waals surface area contributed by atoms with E-state index in [2.05, 4.69) is 29.4 Å². The van der Waals surface area contributed by atoms with E-state index in [0.29, 0.717) is 11.6 Å². The zero-order chi connectivity index (χ0) is 22.0. The summed E-state index contributed by atoms with van der Waals surface area (Å²) in [5.74, 6) is -0.234. The van der Waals surface area contributed by atoms with Gasteiger partial charge in [0.1, 0.15) is 0 Å². The van der Waals surface area contributed by atoms with Crippen molar-refractivity contribution in [2.75, 3.05) is 26.2 Å². The summed E-state index contributed by atoms with van der Waals surface area (Å²) in [5, 5.41) is 0. The number of aryl methyl sites for hydroxylation is 1. The van der Waals surface area contributed by atoms with E-state index in [9.17, 15) is 9.59 Å². The van der Waals surface area contributed by atoms with Gasteiger partial charge in [0.25, 0.3) is 5.91 Å². The van der Waals surface area contributed by atoms with Gasteiger partial charge in [-0.25, -0.2) is 0 Å². The van der Waals surface area contributed by atoms with Gasteiger partial charge in [-0.05, 0) is 50.5 Å². The van der Waals surface area contributed by atoms with E-state index >= 15 is 0 Å². The molecular formula is C25H34N4O2. The van der Waals surface area contributed by atoms with Crippen LogP contribution in [0.25, 0.3) is 0 Å². The number of hydrogen-bond donors (Lipinski definition) is 1. The molecule has 1 aliphatic carbocycles. The predicted octanol–water partition coefficient (Wildman–Crippen LogP) is 3.67. The first-order chi connectivity index (χ1) is 14.9. The van der Waals surface area contributed by atoms with Gasteiger partial charge in [0.15, 0.2) is 0 Å². The molecule has 166 valence electrons. The van der Waals surface area contributed by atoms with Crippen LogP contribution < -0.4 is 5.73 Å². The van der Waals surface area contributed by atoms with Crippen molar-refractivity contribution in [3.63, 3.8) is 0 Å². The lowest BCUT2D eigenvalue weighted by Crippen LogP contribution is -2.48. The second-order valence-electron chi connectivity index (χ2n) is 9.08. The van der Waals surface area contributed by atoms with E-state index in [1.54, 1.807) is 12.1 Å². The maximum atomic E-state index is 13.3. The van der Waals surface area contributed by atoms with Crippen LogP contribution in [0.5, 0.6) is 0 Å². The Kier molecular flexibility index (Phi) is 6.46. The summed E-state index contributed by atoms with van der Waals surface area (Å²) in [5.41, 5.74) is 10.2. The van der Waals surface area contributed by atoms with Gasteiger partial charge in [-0.15, -0.1) is 0 Å². The molecule has 1 saturated heterocycles. The summed E-state index contributed by atoms with van der Waals surface area (Å²) < 4.78 is 2.42. The van der Waals surface area contributed by atoms with Gasteiger partial charge in [-0.2, -0.15) is 0 Å². The molecule has 2 aliphatic rings. The number of carbonyl (C=O) groups excluding carboxylic acids is 2. The van der Waals surface area contributed by atoms with Crippen molar-refractivity contribution in [3.05, 3.63) is 58.4 Å². The number of nitrogens with zero attached hydrogens (tertiary/aromatic N) is 3. The molecular weight excluding hydrogens is 388 g/mol. The molecule has 1 aliphatic heterocycles. The highest BCUT2D eigenvalue weighted by molar-refractivity contribution is 5.96. The molecule has 0 bridgehead atoms. The van der Waals surface area contributed by atoms with Crippen molar-refractivity contribution < 1.29 is 9.59 Å². The molecule has 0 spiro atoms. The van der Waals surface area contributed by atoms with Crippen molar-refractivity contribution in [2.45, 2.75) is 58.5 Å². The van der Waals surface area contributed by atoms with Gasteiger partial charge in [-0.1, -0.05) is 31.4 Å². The molecule has 1 aromatic heterocycles. The molecule has 0 unspecified atom stereocenters. The molecule has 6 nitrogen and oxygen atoms in total. The van der Waals surface area contributed by atoms with Crippen molar-refractivity contribution in [3.8, 4) is 0 Å². The lowest BCUT2D eigenvalue weighted by molar-refractivity contribution is 0.0627. The van der Waals surface area contributed by atoms with Crippen molar-refractivity contribution in [1.82, 2.24) is 14.4 Å². The Morgan fingerprint density at radius 2 is 1.61 bits per heavy atom. The van der Waals surface area contributed by atoms with Gasteiger partial charge >= 0.3 is 0 Å². The fourth-order valence-electron chi connectivity index (χ4n) is 5.21. The van der Waals surface area contributed by atoms with Crippen LogP contribution in [0.15, 0.2) is 30.3 Å². The number of piperazine rings is 1. The monoisotopic (exact) mass is 422 g/mol. The fraction of sp³-hybridized carbons (Fsp3) is 0.520. The number of rotatable bonds is 5. The molecule has 2 heterocycles. The number of hydrogen-bond acceptors (Lipinski definition) is 3. The Hall–Kier alpha value is -2.60. The van der Waals surface area contributed by atoms with Crippen LogP contribution in [0.2, 0.25) is 0 Å². The van der Waals surface area contributed by atoms with Crippen molar-refractivity contribution >= 4 is 11.8 Å². The average molecular weight is 423 g/mol. The maximum Gasteiger partial charge on any atom is 0.255 e. The van der Waals surface area contributed by atoms with Gasteiger partial charge in [0.05, 0.1) is 5.56 Å². The summed E-state index contributed by atoms with van der Waals surface area (Å²) in [6.45, 7) is 8.25. The molecule has 6 heteroatoms. The highest BCUT2D eigenvalue weighted by atomic mass is 16.2. The Morgan fingerprint density at radius 1 is 0.968 bits per heavy atom. The first-order valence-electron chi connectivity index (χ1n) is 11.5. The van der Waals surface area contributed by atoms with Crippen LogP contribution in [0.4, 0.5) is 0 Å². The van der Waals surface area contributed by atoms with Crippen LogP contribution in [-0.2, 0) is 6.54 Å². The molecule has 31 heavy (non-hydrogen) atoms. The second kappa shape index (κ2) is 9.27. The first-order valence-corrected chi connectivity index (χ1v) is 11.5. The van der Waals surface area contributed by atoms with Crippen LogP contribution >= 0.6 is 0 Å². The van der Waals surface area contributed by atoms with Crippen LogP contribution in [0.1, 0.15) is 75.8 Å².